The van der Waals surface area contributed by atoms with Crippen molar-refractivity contribution < 1.29 is 9.84 Å². The standard InChI is InChI=1S/C14H16N2O2/c17-11-13-3-4-14(16-10-13)18-9-1-2-12-5-7-15-8-6-12/h3-8,10,17H,1-2,9,11H2. The second kappa shape index (κ2) is 6.71. The van der Waals surface area contributed by atoms with Gasteiger partial charge in [0.25, 0.3) is 0 Å². The maximum absolute atomic E-state index is 8.88. The molecule has 0 aliphatic heterocycles. The van der Waals surface area contributed by atoms with E-state index >= 15 is 0 Å². The van der Waals surface area contributed by atoms with E-state index in [9.17, 15) is 0 Å². The Hall–Kier alpha value is -1.94. The van der Waals surface area contributed by atoms with Gasteiger partial charge in [-0.05, 0) is 42.2 Å². The summed E-state index contributed by atoms with van der Waals surface area (Å²) in [7, 11) is 0. The summed E-state index contributed by atoms with van der Waals surface area (Å²) in [5.74, 6) is 0.599. The van der Waals surface area contributed by atoms with E-state index in [-0.39, 0.29) is 6.61 Å². The van der Waals surface area contributed by atoms with Crippen molar-refractivity contribution in [3.63, 3.8) is 0 Å². The molecule has 0 saturated heterocycles. The maximum atomic E-state index is 8.88. The molecule has 94 valence electrons. The summed E-state index contributed by atoms with van der Waals surface area (Å²) in [6.45, 7) is 0.642. The molecule has 0 unspecified atom stereocenters. The van der Waals surface area contributed by atoms with E-state index in [0.717, 1.165) is 18.4 Å². The quantitative estimate of drug-likeness (QED) is 0.789. The summed E-state index contributed by atoms with van der Waals surface area (Å²) in [6, 6.07) is 7.60. The Balaban J connectivity index is 1.72. The van der Waals surface area contributed by atoms with E-state index in [0.29, 0.717) is 12.5 Å². The van der Waals surface area contributed by atoms with E-state index in [1.807, 2.05) is 18.2 Å². The van der Waals surface area contributed by atoms with Crippen LogP contribution in [0.2, 0.25) is 0 Å². The Kier molecular flexibility index (Phi) is 4.67. The van der Waals surface area contributed by atoms with Crippen LogP contribution < -0.4 is 4.74 Å². The first-order chi connectivity index (χ1) is 8.88. The minimum atomic E-state index is 0.00925. The van der Waals surface area contributed by atoms with Gasteiger partial charge in [-0.1, -0.05) is 0 Å². The van der Waals surface area contributed by atoms with Crippen molar-refractivity contribution >= 4 is 0 Å². The number of pyridine rings is 2. The second-order valence-electron chi connectivity index (χ2n) is 3.97. The fraction of sp³-hybridized carbons (Fsp3) is 0.286. The molecular weight excluding hydrogens is 228 g/mol. The van der Waals surface area contributed by atoms with E-state index < -0.39 is 0 Å². The molecule has 0 aliphatic rings. The molecule has 0 radical (unpaired) electrons. The average Bonchev–Trinajstić information content (AvgIpc) is 2.45. The first-order valence-corrected chi connectivity index (χ1v) is 5.96. The molecule has 2 aromatic rings. The summed E-state index contributed by atoms with van der Waals surface area (Å²) in [6.07, 6.45) is 7.12. The highest BCUT2D eigenvalue weighted by atomic mass is 16.5. The number of hydrogen-bond donors (Lipinski definition) is 1. The lowest BCUT2D eigenvalue weighted by molar-refractivity contribution is 0.279. The van der Waals surface area contributed by atoms with Gasteiger partial charge in [0.2, 0.25) is 5.88 Å². The van der Waals surface area contributed by atoms with Gasteiger partial charge < -0.3 is 9.84 Å². The fourth-order valence-electron chi connectivity index (χ4n) is 1.59. The van der Waals surface area contributed by atoms with Gasteiger partial charge in [-0.2, -0.15) is 0 Å². The minimum absolute atomic E-state index is 0.00925. The van der Waals surface area contributed by atoms with E-state index in [1.54, 1.807) is 24.7 Å². The van der Waals surface area contributed by atoms with Crippen LogP contribution >= 0.6 is 0 Å². The van der Waals surface area contributed by atoms with Gasteiger partial charge in [0.05, 0.1) is 13.2 Å². The van der Waals surface area contributed by atoms with Gasteiger partial charge in [0.1, 0.15) is 0 Å². The van der Waals surface area contributed by atoms with Crippen molar-refractivity contribution in [2.45, 2.75) is 19.4 Å². The van der Waals surface area contributed by atoms with Crippen LogP contribution in [0.1, 0.15) is 17.5 Å². The number of ether oxygens (including phenoxy) is 1. The average molecular weight is 244 g/mol. The Labute approximate surface area is 106 Å². The highest BCUT2D eigenvalue weighted by Crippen LogP contribution is 2.08. The molecule has 0 spiro atoms. The molecule has 0 fully saturated rings. The summed E-state index contributed by atoms with van der Waals surface area (Å²) in [5.41, 5.74) is 2.05. The van der Waals surface area contributed by atoms with Gasteiger partial charge >= 0.3 is 0 Å². The van der Waals surface area contributed by atoms with Crippen LogP contribution in [0, 0.1) is 0 Å². The predicted molar refractivity (Wildman–Crippen MR) is 68.2 cm³/mol. The summed E-state index contributed by atoms with van der Waals surface area (Å²) < 4.78 is 5.52. The largest absolute Gasteiger partial charge is 0.478 e. The van der Waals surface area contributed by atoms with Gasteiger partial charge in [-0.3, -0.25) is 4.98 Å². The number of rotatable bonds is 6. The van der Waals surface area contributed by atoms with Crippen LogP contribution in [0.4, 0.5) is 0 Å². The fourth-order valence-corrected chi connectivity index (χ4v) is 1.59. The molecular formula is C14H16N2O2. The van der Waals surface area contributed by atoms with Crippen LogP contribution in [0.5, 0.6) is 5.88 Å². The molecule has 2 rings (SSSR count). The molecule has 1 N–H and O–H groups in total. The van der Waals surface area contributed by atoms with Gasteiger partial charge in [-0.15, -0.1) is 0 Å². The second-order valence-corrected chi connectivity index (χ2v) is 3.97. The first-order valence-electron chi connectivity index (χ1n) is 5.96. The molecule has 0 aliphatic carbocycles. The third-order valence-corrected chi connectivity index (χ3v) is 2.59. The zero-order valence-corrected chi connectivity index (χ0v) is 10.1. The number of aliphatic hydroxyl groups excluding tert-OH is 1. The molecule has 4 nitrogen and oxygen atoms in total. The highest BCUT2D eigenvalue weighted by Gasteiger charge is 1.97. The lowest BCUT2D eigenvalue weighted by Crippen LogP contribution is -2.01. The number of aryl methyl sites for hydroxylation is 1. The van der Waals surface area contributed by atoms with Gasteiger partial charge in [0, 0.05) is 24.7 Å². The smallest absolute Gasteiger partial charge is 0.213 e. The lowest BCUT2D eigenvalue weighted by atomic mass is 10.1. The molecule has 4 heteroatoms. The molecule has 0 aromatic carbocycles. The monoisotopic (exact) mass is 244 g/mol. The van der Waals surface area contributed by atoms with Crippen molar-refractivity contribution in [1.82, 2.24) is 9.97 Å². The van der Waals surface area contributed by atoms with Crippen molar-refractivity contribution in [3.8, 4) is 5.88 Å². The van der Waals surface area contributed by atoms with Crippen molar-refractivity contribution in [2.24, 2.45) is 0 Å². The first kappa shape index (κ1) is 12.5. The molecule has 0 saturated carbocycles. The molecule has 2 heterocycles. The zero-order chi connectivity index (χ0) is 12.6. The molecule has 0 atom stereocenters. The van der Waals surface area contributed by atoms with E-state index in [1.165, 1.54) is 5.56 Å². The van der Waals surface area contributed by atoms with Crippen LogP contribution in [0.15, 0.2) is 42.9 Å². The Morgan fingerprint density at radius 3 is 2.56 bits per heavy atom. The highest BCUT2D eigenvalue weighted by molar-refractivity contribution is 5.17. The zero-order valence-electron chi connectivity index (χ0n) is 10.1. The van der Waals surface area contributed by atoms with Crippen molar-refractivity contribution in [1.29, 1.82) is 0 Å². The Bertz CT molecular complexity index is 457. The van der Waals surface area contributed by atoms with Gasteiger partial charge in [-0.25, -0.2) is 4.98 Å². The molecule has 18 heavy (non-hydrogen) atoms. The maximum Gasteiger partial charge on any atom is 0.213 e. The third kappa shape index (κ3) is 3.82. The summed E-state index contributed by atoms with van der Waals surface area (Å²) in [5, 5.41) is 8.88. The van der Waals surface area contributed by atoms with Crippen molar-refractivity contribution in [2.75, 3.05) is 6.61 Å². The number of nitrogens with zero attached hydrogens (tertiary/aromatic N) is 2. The predicted octanol–water partition coefficient (Wildman–Crippen LogP) is 1.98. The van der Waals surface area contributed by atoms with E-state index in [4.69, 9.17) is 9.84 Å². The number of aliphatic hydroxyl groups is 1. The van der Waals surface area contributed by atoms with Crippen LogP contribution in [0.25, 0.3) is 0 Å². The number of aromatic nitrogens is 2. The summed E-state index contributed by atoms with van der Waals surface area (Å²) >= 11 is 0. The third-order valence-electron chi connectivity index (χ3n) is 2.59. The van der Waals surface area contributed by atoms with Crippen LogP contribution in [-0.4, -0.2) is 21.7 Å². The van der Waals surface area contributed by atoms with Crippen LogP contribution in [-0.2, 0) is 13.0 Å². The molecule has 2 aromatic heterocycles. The van der Waals surface area contributed by atoms with Crippen molar-refractivity contribution in [3.05, 3.63) is 54.0 Å². The normalized spacial score (nSPS) is 10.3. The Morgan fingerprint density at radius 1 is 1.06 bits per heavy atom. The molecule has 0 bridgehead atoms. The Morgan fingerprint density at radius 2 is 1.89 bits per heavy atom. The topological polar surface area (TPSA) is 55.2 Å². The molecule has 0 amide bonds. The summed E-state index contributed by atoms with van der Waals surface area (Å²) in [4.78, 5) is 8.08. The number of hydrogen-bond acceptors (Lipinski definition) is 4. The van der Waals surface area contributed by atoms with Gasteiger partial charge in [0.15, 0.2) is 0 Å². The van der Waals surface area contributed by atoms with Crippen LogP contribution in [0.3, 0.4) is 0 Å². The lowest BCUT2D eigenvalue weighted by Gasteiger charge is -2.05. The minimum Gasteiger partial charge on any atom is -0.478 e. The SMILES string of the molecule is OCc1ccc(OCCCc2ccncc2)nc1. The van der Waals surface area contributed by atoms with E-state index in [2.05, 4.69) is 9.97 Å².